The molecule has 0 saturated heterocycles. The van der Waals surface area contributed by atoms with E-state index in [2.05, 4.69) is 175 Å². The second kappa shape index (κ2) is 17.3. The Balaban J connectivity index is 0.000000534. The molecule has 0 fully saturated rings. The fourth-order valence-corrected chi connectivity index (χ4v) is 7.24. The second-order valence-electron chi connectivity index (χ2n) is 13.4. The number of hydrogen-bond donors (Lipinski definition) is 1. The van der Waals surface area contributed by atoms with E-state index < -0.39 is 15.6 Å². The molecule has 1 unspecified atom stereocenters. The molecule has 13 heteroatoms. The molecule has 3 aromatic heterocycles. The maximum Gasteiger partial charge on any atom is 2.00 e. The number of aliphatic imine (C=N–C) groups is 1. The van der Waals surface area contributed by atoms with Gasteiger partial charge in [0.2, 0.25) is 0 Å². The van der Waals surface area contributed by atoms with E-state index >= 15 is 0 Å². The molecule has 8 nitrogen and oxygen atoms in total. The monoisotopic (exact) mass is 859 g/mol. The van der Waals surface area contributed by atoms with Crippen molar-refractivity contribution in [2.24, 2.45) is 12.0 Å². The fourth-order valence-electron chi connectivity index (χ4n) is 7.24. The molecule has 8 bridgehead atoms. The van der Waals surface area contributed by atoms with Crippen molar-refractivity contribution in [1.82, 2.24) is 14.5 Å². The van der Waals surface area contributed by atoms with Gasteiger partial charge in [-0.05, 0) is 57.7 Å². The van der Waals surface area contributed by atoms with Crippen molar-refractivity contribution in [3.63, 3.8) is 0 Å². The van der Waals surface area contributed by atoms with Crippen molar-refractivity contribution in [2.45, 2.75) is 11.4 Å². The molecule has 5 heterocycles. The first-order valence-corrected chi connectivity index (χ1v) is 19.4. The number of aromatic nitrogens is 3. The van der Waals surface area contributed by atoms with Crippen molar-refractivity contribution in [2.75, 3.05) is 0 Å². The molecule has 0 spiro atoms. The predicted octanol–water partition coefficient (Wildman–Crippen LogP) is 6.92. The average molecular weight is 860 g/mol. The van der Waals surface area contributed by atoms with Crippen LogP contribution >= 0.6 is 0 Å². The number of fused-ring (bicyclic) bond motifs is 7. The summed E-state index contributed by atoms with van der Waals surface area (Å²) >= 11 is 0. The first-order chi connectivity index (χ1) is 27.5. The van der Waals surface area contributed by atoms with Crippen LogP contribution in [0.15, 0.2) is 181 Å². The van der Waals surface area contributed by atoms with Gasteiger partial charge in [-0.1, -0.05) is 146 Å². The summed E-state index contributed by atoms with van der Waals surface area (Å²) < 4.78 is 59.8. The van der Waals surface area contributed by atoms with Crippen LogP contribution in [0.4, 0.5) is 13.2 Å². The minimum atomic E-state index is -5.84. The van der Waals surface area contributed by atoms with Gasteiger partial charge in [-0.2, -0.15) is 21.6 Å². The van der Waals surface area contributed by atoms with Crippen molar-refractivity contribution in [1.29, 1.82) is 0 Å². The van der Waals surface area contributed by atoms with Crippen molar-refractivity contribution < 1.29 is 48.7 Å². The Hall–Kier alpha value is -6.21. The van der Waals surface area contributed by atoms with Crippen molar-refractivity contribution in [3.8, 4) is 0 Å². The quantitative estimate of drug-likeness (QED) is 0.117. The molecule has 3 N–H and O–H groups in total. The molecule has 59 heavy (non-hydrogen) atoms. The van der Waals surface area contributed by atoms with Crippen molar-refractivity contribution >= 4 is 32.5 Å². The molecular formula is C46H35CuF3N4O4S. The Bertz CT molecular complexity index is 2920. The van der Waals surface area contributed by atoms with Crippen LogP contribution in [-0.4, -0.2) is 34.2 Å². The van der Waals surface area contributed by atoms with Gasteiger partial charge in [0.1, 0.15) is 0 Å². The molecular weight excluding hydrogens is 825 g/mol. The number of hydrogen-bond acceptors (Lipinski definition) is 3. The normalized spacial score (nSPS) is 17.8. The van der Waals surface area contributed by atoms with Crippen LogP contribution in [0, 0.1) is 0 Å². The van der Waals surface area contributed by atoms with Gasteiger partial charge >= 0.3 is 32.7 Å². The number of benzene rings is 4. The van der Waals surface area contributed by atoms with E-state index in [0.29, 0.717) is 0 Å². The van der Waals surface area contributed by atoms with E-state index in [1.807, 2.05) is 6.07 Å². The van der Waals surface area contributed by atoms with E-state index in [1.165, 1.54) is 0 Å². The zero-order chi connectivity index (χ0) is 39.7. The molecule has 9 rings (SSSR count). The summed E-state index contributed by atoms with van der Waals surface area (Å²) in [7, 11) is -3.69. The Morgan fingerprint density at radius 2 is 1.07 bits per heavy atom. The number of halogens is 3. The van der Waals surface area contributed by atoms with Gasteiger partial charge in [-0.25, -0.2) is 0 Å². The summed E-state index contributed by atoms with van der Waals surface area (Å²) in [4.78, 5) is 16.2. The van der Waals surface area contributed by atoms with Gasteiger partial charge in [0.15, 0.2) is 0 Å². The number of allylic oxidation sites excluding steroid dienone is 2. The van der Waals surface area contributed by atoms with Gasteiger partial charge in [-0.15, -0.1) is 22.1 Å². The largest absolute Gasteiger partial charge is 2.00 e. The van der Waals surface area contributed by atoms with E-state index in [1.54, 1.807) is 0 Å². The summed E-state index contributed by atoms with van der Waals surface area (Å²) in [5.74, 6) is -0.143. The molecule has 4 aromatic carbocycles. The van der Waals surface area contributed by atoms with Crippen LogP contribution in [0.2, 0.25) is 0 Å². The maximum absolute atomic E-state index is 10.7. The number of rotatable bonds is 4. The third kappa shape index (κ3) is 8.52. The number of alkyl halides is 3. The van der Waals surface area contributed by atoms with Crippen LogP contribution in [0.25, 0.3) is 16.7 Å². The van der Waals surface area contributed by atoms with Crippen LogP contribution in [0.3, 0.4) is 0 Å². The van der Waals surface area contributed by atoms with Gasteiger partial charge in [0.25, 0.3) is 0 Å². The summed E-state index contributed by atoms with van der Waals surface area (Å²) in [6, 6.07) is 55.2. The van der Waals surface area contributed by atoms with Gasteiger partial charge in [0, 0.05) is 24.2 Å². The van der Waals surface area contributed by atoms with Gasteiger partial charge in [-0.3, -0.25) is 9.55 Å². The minimum Gasteiger partial charge on any atom is -0.660 e. The Labute approximate surface area is 349 Å². The third-order valence-corrected chi connectivity index (χ3v) is 10.4. The van der Waals surface area contributed by atoms with E-state index in [4.69, 9.17) is 27.9 Å². The third-order valence-electron chi connectivity index (χ3n) is 9.83. The fraction of sp³-hybridized carbons (Fsp3) is 0.0652. The molecule has 2 aliphatic heterocycles. The second-order valence-corrected chi connectivity index (χ2v) is 14.8. The summed E-state index contributed by atoms with van der Waals surface area (Å²) in [6.45, 7) is 0. The minimum absolute atomic E-state index is 0. The first-order valence-electron chi connectivity index (χ1n) is 17.9. The van der Waals surface area contributed by atoms with Gasteiger partial charge < -0.3 is 20.0 Å². The van der Waals surface area contributed by atoms with Gasteiger partial charge in [0.05, 0.1) is 17.1 Å². The Kier molecular flexibility index (Phi) is 12.5. The average Bonchev–Trinajstić information content (AvgIpc) is 4.04. The topological polar surface area (TPSA) is 131 Å². The van der Waals surface area contributed by atoms with E-state index in [-0.39, 0.29) is 28.5 Å². The zero-order valence-corrected chi connectivity index (χ0v) is 32.9. The first kappa shape index (κ1) is 42.4. The van der Waals surface area contributed by atoms with Crippen LogP contribution in [0.1, 0.15) is 50.9 Å². The number of nitrogens with zero attached hydrogens (tertiary/aromatic N) is 4. The predicted molar refractivity (Wildman–Crippen MR) is 219 cm³/mol. The molecule has 7 aromatic rings. The smallest absolute Gasteiger partial charge is 0.660 e. The maximum atomic E-state index is 10.7. The van der Waals surface area contributed by atoms with E-state index in [0.717, 1.165) is 83.9 Å². The molecule has 301 valence electrons. The van der Waals surface area contributed by atoms with Crippen LogP contribution in [0.5, 0.6) is 0 Å². The summed E-state index contributed by atoms with van der Waals surface area (Å²) in [5.41, 5.74) is 7.98. The molecule has 0 saturated carbocycles. The summed E-state index contributed by atoms with van der Waals surface area (Å²) in [5, 5.41) is 1.81. The van der Waals surface area contributed by atoms with Crippen LogP contribution < -0.4 is 20.7 Å². The standard InChI is InChI=1S/C45H32N4.CHF3O3S.Cu.H2O/c1-49-40-28-29-41(49)45(33-20-12-5-13-21-33)39-27-25-37(48-39)43(31-16-8-3-9-17-31)35-23-22-34(46-35)42(30-14-6-2-7-15-30)36-24-26-38(47-36)44(40)32-18-10-4-11-19-32;2-1(3,4)8(5,6)7;;/h2-29,42H,1H3;(H,5,6,7);;1H2/q-2;;+2;/b43-37-,44-38-,45-39-;;;. The molecule has 0 aliphatic carbocycles. The van der Waals surface area contributed by atoms with E-state index in [9.17, 15) is 13.2 Å². The summed E-state index contributed by atoms with van der Waals surface area (Å²) in [6.07, 6.45) is 4.33. The molecule has 1 atom stereocenters. The molecule has 1 radical (unpaired) electrons. The Morgan fingerprint density at radius 3 is 1.59 bits per heavy atom. The SMILES string of the molecule is Cn1c2ccc1/C(c1ccccc1)=c1/cc/c([n-]1)=C(\c1ccccc1)c1ccc([n-]1)C(c1ccccc1)C1=N/C(=C\2c2ccccc2)C=C1.O.O=S(=O)(O)C(F)(F)F.[Cu+2]. The molecule has 0 amide bonds. The van der Waals surface area contributed by atoms with Crippen LogP contribution in [-0.2, 0) is 34.2 Å². The van der Waals surface area contributed by atoms with Crippen molar-refractivity contribution in [3.05, 3.63) is 231 Å². The molecule has 2 aliphatic rings. The zero-order valence-electron chi connectivity index (χ0n) is 31.1. The Morgan fingerprint density at radius 1 is 0.610 bits per heavy atom.